The molecule has 0 heterocycles. The van der Waals surface area contributed by atoms with E-state index in [4.69, 9.17) is 4.74 Å². The lowest BCUT2D eigenvalue weighted by Crippen LogP contribution is -2.38. The second kappa shape index (κ2) is 11.6. The van der Waals surface area contributed by atoms with Crippen molar-refractivity contribution in [3.63, 3.8) is 0 Å². The number of halogens is 2. The Morgan fingerprint density at radius 2 is 1.88 bits per heavy atom. The number of phenols is 1. The van der Waals surface area contributed by atoms with Gasteiger partial charge in [-0.15, -0.1) is 24.0 Å². The molecule has 0 aliphatic rings. The Balaban J connectivity index is 0.00000338. The first-order valence-corrected chi connectivity index (χ1v) is 8.25. The molecular formula is C19H25FIN3O2. The average molecular weight is 473 g/mol. The molecule has 142 valence electrons. The highest BCUT2D eigenvalue weighted by atomic mass is 127. The number of aliphatic imine (C=N–C) groups is 1. The number of phenolic OH excluding ortho intramolecular Hbond substituents is 1. The van der Waals surface area contributed by atoms with Gasteiger partial charge in [-0.2, -0.15) is 0 Å². The minimum Gasteiger partial charge on any atom is -0.504 e. The Bertz CT molecular complexity index is 708. The number of hydrogen-bond donors (Lipinski definition) is 3. The highest BCUT2D eigenvalue weighted by Crippen LogP contribution is 2.29. The minimum absolute atomic E-state index is 0. The Kier molecular flexibility index (Phi) is 9.79. The van der Waals surface area contributed by atoms with Gasteiger partial charge in [-0.1, -0.05) is 24.3 Å². The number of ether oxygens (including phenoxy) is 1. The van der Waals surface area contributed by atoms with Crippen LogP contribution < -0.4 is 15.4 Å². The molecule has 0 aromatic heterocycles. The number of rotatable bonds is 7. The van der Waals surface area contributed by atoms with E-state index in [0.29, 0.717) is 30.4 Å². The van der Waals surface area contributed by atoms with Crippen LogP contribution in [-0.2, 0) is 13.0 Å². The molecule has 0 atom stereocenters. The molecule has 0 aliphatic heterocycles. The third kappa shape index (κ3) is 6.70. The molecule has 0 saturated carbocycles. The van der Waals surface area contributed by atoms with Crippen LogP contribution in [0.25, 0.3) is 0 Å². The summed E-state index contributed by atoms with van der Waals surface area (Å²) in [6, 6.07) is 11.8. The lowest BCUT2D eigenvalue weighted by Gasteiger charge is -2.12. The van der Waals surface area contributed by atoms with E-state index in [9.17, 15) is 9.50 Å². The molecule has 0 bridgehead atoms. The molecule has 0 aliphatic carbocycles. The van der Waals surface area contributed by atoms with Gasteiger partial charge in [-0.3, -0.25) is 0 Å². The van der Waals surface area contributed by atoms with Crippen molar-refractivity contribution in [1.29, 1.82) is 0 Å². The predicted molar refractivity (Wildman–Crippen MR) is 113 cm³/mol. The van der Waals surface area contributed by atoms with Crippen molar-refractivity contribution < 1.29 is 14.2 Å². The maximum atomic E-state index is 12.9. The number of para-hydroxylation sites is 1. The van der Waals surface area contributed by atoms with E-state index in [0.717, 1.165) is 18.5 Å². The minimum atomic E-state index is -0.232. The first-order chi connectivity index (χ1) is 12.1. The second-order valence-electron chi connectivity index (χ2n) is 5.47. The van der Waals surface area contributed by atoms with Crippen LogP contribution in [0.5, 0.6) is 11.5 Å². The van der Waals surface area contributed by atoms with Gasteiger partial charge < -0.3 is 20.5 Å². The summed E-state index contributed by atoms with van der Waals surface area (Å²) in [5, 5.41) is 16.5. The summed E-state index contributed by atoms with van der Waals surface area (Å²) in [6.45, 7) is 3.71. The number of nitrogens with zero attached hydrogens (tertiary/aromatic N) is 1. The molecule has 7 heteroatoms. The first kappa shape index (κ1) is 22.0. The van der Waals surface area contributed by atoms with Crippen molar-refractivity contribution in [2.24, 2.45) is 4.99 Å². The second-order valence-corrected chi connectivity index (χ2v) is 5.47. The van der Waals surface area contributed by atoms with E-state index in [1.807, 2.05) is 19.1 Å². The van der Waals surface area contributed by atoms with Crippen LogP contribution in [-0.4, -0.2) is 31.3 Å². The van der Waals surface area contributed by atoms with E-state index in [1.165, 1.54) is 19.2 Å². The summed E-state index contributed by atoms with van der Waals surface area (Å²) < 4.78 is 18.0. The molecule has 0 unspecified atom stereocenters. The van der Waals surface area contributed by atoms with Gasteiger partial charge in [0, 0.05) is 18.7 Å². The molecule has 0 radical (unpaired) electrons. The highest BCUT2D eigenvalue weighted by Gasteiger charge is 2.07. The average Bonchev–Trinajstić information content (AvgIpc) is 2.62. The zero-order chi connectivity index (χ0) is 18.1. The summed E-state index contributed by atoms with van der Waals surface area (Å²) >= 11 is 0. The van der Waals surface area contributed by atoms with E-state index < -0.39 is 0 Å². The fourth-order valence-corrected chi connectivity index (χ4v) is 2.34. The normalized spacial score (nSPS) is 10.8. The Morgan fingerprint density at radius 1 is 1.15 bits per heavy atom. The number of hydrogen-bond acceptors (Lipinski definition) is 3. The van der Waals surface area contributed by atoms with Gasteiger partial charge >= 0.3 is 0 Å². The van der Waals surface area contributed by atoms with Crippen molar-refractivity contribution in [3.05, 3.63) is 59.4 Å². The molecule has 0 saturated heterocycles. The molecule has 2 aromatic carbocycles. The standard InChI is InChI=1S/C19H24FN3O2.HI/c1-3-21-19(22-12-11-14-7-9-16(20)10-8-14)23-13-15-5-4-6-17(25-2)18(15)24;/h4-10,24H,3,11-13H2,1-2H3,(H2,21,22,23);1H. The third-order valence-electron chi connectivity index (χ3n) is 3.67. The highest BCUT2D eigenvalue weighted by molar-refractivity contribution is 14.0. The summed E-state index contributed by atoms with van der Waals surface area (Å²) in [5.41, 5.74) is 1.74. The first-order valence-electron chi connectivity index (χ1n) is 8.25. The van der Waals surface area contributed by atoms with Crippen molar-refractivity contribution >= 4 is 29.9 Å². The summed E-state index contributed by atoms with van der Waals surface area (Å²) in [4.78, 5) is 4.48. The van der Waals surface area contributed by atoms with Crippen LogP contribution in [0.4, 0.5) is 4.39 Å². The van der Waals surface area contributed by atoms with Crippen LogP contribution in [0.15, 0.2) is 47.5 Å². The lowest BCUT2D eigenvalue weighted by molar-refractivity contribution is 0.370. The van der Waals surface area contributed by atoms with E-state index in [-0.39, 0.29) is 35.5 Å². The summed E-state index contributed by atoms with van der Waals surface area (Å²) in [5.74, 6) is 0.967. The molecule has 2 rings (SSSR count). The van der Waals surface area contributed by atoms with Crippen LogP contribution in [0.3, 0.4) is 0 Å². The Hall–Kier alpha value is -2.03. The number of guanidine groups is 1. The Morgan fingerprint density at radius 3 is 2.54 bits per heavy atom. The number of methoxy groups -OCH3 is 1. The molecule has 3 N–H and O–H groups in total. The molecule has 5 nitrogen and oxygen atoms in total. The van der Waals surface area contributed by atoms with Crippen molar-refractivity contribution in [2.45, 2.75) is 19.9 Å². The zero-order valence-corrected chi connectivity index (χ0v) is 17.3. The molecule has 26 heavy (non-hydrogen) atoms. The van der Waals surface area contributed by atoms with Gasteiger partial charge in [0.1, 0.15) is 5.82 Å². The fraction of sp³-hybridized carbons (Fsp3) is 0.316. The number of nitrogens with one attached hydrogen (secondary N) is 2. The maximum Gasteiger partial charge on any atom is 0.191 e. The fourth-order valence-electron chi connectivity index (χ4n) is 2.34. The Labute approximate surface area is 170 Å². The molecule has 2 aromatic rings. The quantitative estimate of drug-likeness (QED) is 0.328. The third-order valence-corrected chi connectivity index (χ3v) is 3.67. The van der Waals surface area contributed by atoms with Gasteiger partial charge in [0.15, 0.2) is 17.5 Å². The summed E-state index contributed by atoms with van der Waals surface area (Å²) in [6.07, 6.45) is 0.759. The van der Waals surface area contributed by atoms with Gasteiger partial charge in [0.05, 0.1) is 13.7 Å². The topological polar surface area (TPSA) is 65.9 Å². The van der Waals surface area contributed by atoms with Crippen molar-refractivity contribution in [3.8, 4) is 11.5 Å². The van der Waals surface area contributed by atoms with Gasteiger partial charge in [0.2, 0.25) is 0 Å². The molecule has 0 amide bonds. The van der Waals surface area contributed by atoms with Crippen LogP contribution >= 0.6 is 24.0 Å². The monoisotopic (exact) mass is 473 g/mol. The van der Waals surface area contributed by atoms with Crippen molar-refractivity contribution in [1.82, 2.24) is 10.6 Å². The van der Waals surface area contributed by atoms with Gasteiger partial charge in [-0.25, -0.2) is 9.38 Å². The van der Waals surface area contributed by atoms with E-state index in [2.05, 4.69) is 15.6 Å². The van der Waals surface area contributed by atoms with Crippen LogP contribution in [0.2, 0.25) is 0 Å². The summed E-state index contributed by atoms with van der Waals surface area (Å²) in [7, 11) is 1.52. The van der Waals surface area contributed by atoms with Crippen LogP contribution in [0, 0.1) is 5.82 Å². The number of aromatic hydroxyl groups is 1. The van der Waals surface area contributed by atoms with Crippen LogP contribution in [0.1, 0.15) is 18.1 Å². The number of benzene rings is 2. The van der Waals surface area contributed by atoms with Gasteiger partial charge in [-0.05, 0) is 37.1 Å². The maximum absolute atomic E-state index is 12.9. The molecule has 0 fully saturated rings. The smallest absolute Gasteiger partial charge is 0.191 e. The largest absolute Gasteiger partial charge is 0.504 e. The predicted octanol–water partition coefficient (Wildman–Crippen LogP) is 3.46. The molecule has 0 spiro atoms. The molecular weight excluding hydrogens is 448 g/mol. The van der Waals surface area contributed by atoms with E-state index in [1.54, 1.807) is 18.2 Å². The van der Waals surface area contributed by atoms with Gasteiger partial charge in [0.25, 0.3) is 0 Å². The lowest BCUT2D eigenvalue weighted by atomic mass is 10.1. The SMILES string of the molecule is CCNC(=NCc1cccc(OC)c1O)NCCc1ccc(F)cc1.I. The van der Waals surface area contributed by atoms with E-state index >= 15 is 0 Å². The van der Waals surface area contributed by atoms with Crippen molar-refractivity contribution in [2.75, 3.05) is 20.2 Å². The zero-order valence-electron chi connectivity index (χ0n) is 15.0.